The lowest BCUT2D eigenvalue weighted by Crippen LogP contribution is -2.09. The Hall–Kier alpha value is -2.89. The summed E-state index contributed by atoms with van der Waals surface area (Å²) in [7, 11) is -3.75. The molecule has 0 saturated carbocycles. The second-order valence-corrected chi connectivity index (χ2v) is 9.17. The molecule has 3 aromatic carbocycles. The highest BCUT2D eigenvalue weighted by atomic mass is 35.5. The summed E-state index contributed by atoms with van der Waals surface area (Å²) in [4.78, 5) is 4.72. The van der Waals surface area contributed by atoms with Gasteiger partial charge in [0.1, 0.15) is 4.90 Å². The summed E-state index contributed by atoms with van der Waals surface area (Å²) >= 11 is 6.20. The number of hydrogen-bond acceptors (Lipinski definition) is 4. The van der Waals surface area contributed by atoms with Crippen molar-refractivity contribution < 1.29 is 8.42 Å². The first kappa shape index (κ1) is 19.4. The van der Waals surface area contributed by atoms with Crippen LogP contribution in [0, 0.1) is 6.92 Å². The van der Waals surface area contributed by atoms with Gasteiger partial charge in [-0.2, -0.15) is 0 Å². The van der Waals surface area contributed by atoms with Crippen LogP contribution >= 0.6 is 11.6 Å². The molecule has 0 saturated heterocycles. The minimum Gasteiger partial charge on any atom is -0.379 e. The summed E-state index contributed by atoms with van der Waals surface area (Å²) in [5.41, 5.74) is 3.39. The predicted octanol–water partition coefficient (Wildman–Crippen LogP) is 5.64. The topological polar surface area (TPSA) is 59.1 Å². The van der Waals surface area contributed by atoms with Crippen LogP contribution in [0.1, 0.15) is 11.1 Å². The van der Waals surface area contributed by atoms with Crippen LogP contribution in [0.4, 0.5) is 5.69 Å². The molecule has 29 heavy (non-hydrogen) atoms. The van der Waals surface area contributed by atoms with Crippen LogP contribution in [0.25, 0.3) is 10.9 Å². The van der Waals surface area contributed by atoms with Gasteiger partial charge in [0.2, 0.25) is 9.84 Å². The third kappa shape index (κ3) is 3.97. The molecule has 0 aliphatic carbocycles. The van der Waals surface area contributed by atoms with Gasteiger partial charge in [0.25, 0.3) is 0 Å². The van der Waals surface area contributed by atoms with Crippen LogP contribution in [0.5, 0.6) is 0 Å². The number of benzene rings is 3. The SMILES string of the molecule is Cc1ccc(CNc2c(S(=O)(=O)c3ccccc3)cnc3ccc(Cl)cc23)cc1. The predicted molar refractivity (Wildman–Crippen MR) is 117 cm³/mol. The Morgan fingerprint density at radius 3 is 2.41 bits per heavy atom. The van der Waals surface area contributed by atoms with E-state index >= 15 is 0 Å². The Morgan fingerprint density at radius 1 is 0.966 bits per heavy atom. The first-order valence-corrected chi connectivity index (χ1v) is 11.0. The van der Waals surface area contributed by atoms with Crippen molar-refractivity contribution >= 4 is 38.0 Å². The van der Waals surface area contributed by atoms with Gasteiger partial charge in [-0.05, 0) is 42.8 Å². The average Bonchev–Trinajstić information content (AvgIpc) is 2.73. The molecule has 0 spiro atoms. The molecule has 4 nitrogen and oxygen atoms in total. The maximum atomic E-state index is 13.3. The summed E-state index contributed by atoms with van der Waals surface area (Å²) < 4.78 is 26.7. The summed E-state index contributed by atoms with van der Waals surface area (Å²) in [5.74, 6) is 0. The van der Waals surface area contributed by atoms with E-state index in [4.69, 9.17) is 11.6 Å². The summed E-state index contributed by atoms with van der Waals surface area (Å²) in [6, 6.07) is 21.7. The summed E-state index contributed by atoms with van der Waals surface area (Å²) in [6.07, 6.45) is 1.41. The van der Waals surface area contributed by atoms with Gasteiger partial charge in [-0.15, -0.1) is 0 Å². The zero-order chi connectivity index (χ0) is 20.4. The van der Waals surface area contributed by atoms with Crippen LogP contribution in [-0.4, -0.2) is 13.4 Å². The van der Waals surface area contributed by atoms with E-state index in [1.54, 1.807) is 48.5 Å². The Morgan fingerprint density at radius 2 is 1.69 bits per heavy atom. The third-order valence-corrected chi connectivity index (χ3v) is 6.74. The number of nitrogens with one attached hydrogen (secondary N) is 1. The molecular weight excluding hydrogens is 404 g/mol. The highest BCUT2D eigenvalue weighted by Gasteiger charge is 2.23. The van der Waals surface area contributed by atoms with E-state index in [9.17, 15) is 8.42 Å². The normalized spacial score (nSPS) is 11.5. The highest BCUT2D eigenvalue weighted by molar-refractivity contribution is 7.91. The van der Waals surface area contributed by atoms with Crippen molar-refractivity contribution in [3.8, 4) is 0 Å². The molecule has 146 valence electrons. The van der Waals surface area contributed by atoms with E-state index in [0.29, 0.717) is 28.2 Å². The molecule has 0 radical (unpaired) electrons. The van der Waals surface area contributed by atoms with E-state index in [-0.39, 0.29) is 9.79 Å². The minimum atomic E-state index is -3.75. The fourth-order valence-electron chi connectivity index (χ4n) is 3.16. The van der Waals surface area contributed by atoms with Gasteiger partial charge in [-0.1, -0.05) is 59.6 Å². The van der Waals surface area contributed by atoms with Crippen LogP contribution in [0.2, 0.25) is 5.02 Å². The fourth-order valence-corrected chi connectivity index (χ4v) is 4.74. The Bertz CT molecular complexity index is 1270. The summed E-state index contributed by atoms with van der Waals surface area (Å²) in [6.45, 7) is 2.50. The number of hydrogen-bond donors (Lipinski definition) is 1. The maximum absolute atomic E-state index is 13.3. The number of aromatic nitrogens is 1. The van der Waals surface area contributed by atoms with Crippen molar-refractivity contribution in [2.45, 2.75) is 23.3 Å². The Kier molecular flexibility index (Phi) is 5.26. The van der Waals surface area contributed by atoms with E-state index in [1.807, 2.05) is 31.2 Å². The summed E-state index contributed by atoms with van der Waals surface area (Å²) in [5, 5.41) is 4.51. The molecule has 6 heteroatoms. The van der Waals surface area contributed by atoms with E-state index in [2.05, 4.69) is 10.3 Å². The molecule has 0 fully saturated rings. The van der Waals surface area contributed by atoms with E-state index in [0.717, 1.165) is 5.56 Å². The molecule has 0 aliphatic heterocycles. The van der Waals surface area contributed by atoms with Gasteiger partial charge < -0.3 is 5.32 Å². The van der Waals surface area contributed by atoms with Crippen molar-refractivity contribution in [2.24, 2.45) is 0 Å². The lowest BCUT2D eigenvalue weighted by molar-refractivity contribution is 0.596. The molecule has 1 N–H and O–H groups in total. The number of halogens is 1. The largest absolute Gasteiger partial charge is 0.379 e. The van der Waals surface area contributed by atoms with Gasteiger partial charge in [-0.3, -0.25) is 4.98 Å². The number of rotatable bonds is 5. The van der Waals surface area contributed by atoms with Crippen LogP contribution in [0.15, 0.2) is 88.8 Å². The van der Waals surface area contributed by atoms with Crippen molar-refractivity contribution in [3.63, 3.8) is 0 Å². The molecule has 0 unspecified atom stereocenters. The van der Waals surface area contributed by atoms with Gasteiger partial charge in [0.05, 0.1) is 16.1 Å². The zero-order valence-corrected chi connectivity index (χ0v) is 17.3. The molecule has 0 aliphatic rings. The first-order valence-electron chi connectivity index (χ1n) is 9.13. The minimum absolute atomic E-state index is 0.130. The molecule has 0 amide bonds. The molecule has 0 atom stereocenters. The average molecular weight is 423 g/mol. The monoisotopic (exact) mass is 422 g/mol. The zero-order valence-electron chi connectivity index (χ0n) is 15.8. The first-order chi connectivity index (χ1) is 13.9. The van der Waals surface area contributed by atoms with Crippen LogP contribution < -0.4 is 5.32 Å². The number of anilines is 1. The standard InChI is InChI=1S/C23H19ClN2O2S/c1-16-7-9-17(10-8-16)14-26-23-20-13-18(24)11-12-21(20)25-15-22(23)29(27,28)19-5-3-2-4-6-19/h2-13,15H,14H2,1H3,(H,25,26). The van der Waals surface area contributed by atoms with Gasteiger partial charge >= 0.3 is 0 Å². The van der Waals surface area contributed by atoms with E-state index in [1.165, 1.54) is 11.8 Å². The molecule has 0 bridgehead atoms. The van der Waals surface area contributed by atoms with Crippen LogP contribution in [0.3, 0.4) is 0 Å². The van der Waals surface area contributed by atoms with Crippen molar-refractivity contribution in [1.82, 2.24) is 4.98 Å². The van der Waals surface area contributed by atoms with Crippen molar-refractivity contribution in [3.05, 3.63) is 95.1 Å². The number of pyridine rings is 1. The number of aryl methyl sites for hydroxylation is 1. The molecular formula is C23H19ClN2O2S. The Labute approximate surface area is 175 Å². The molecule has 1 heterocycles. The number of fused-ring (bicyclic) bond motifs is 1. The smallest absolute Gasteiger partial charge is 0.210 e. The van der Waals surface area contributed by atoms with Crippen LogP contribution in [-0.2, 0) is 16.4 Å². The fraction of sp³-hybridized carbons (Fsp3) is 0.0870. The van der Waals surface area contributed by atoms with Gasteiger partial charge in [0.15, 0.2) is 0 Å². The number of sulfone groups is 1. The lowest BCUT2D eigenvalue weighted by atomic mass is 10.1. The van der Waals surface area contributed by atoms with Crippen molar-refractivity contribution in [2.75, 3.05) is 5.32 Å². The lowest BCUT2D eigenvalue weighted by Gasteiger charge is -2.16. The van der Waals surface area contributed by atoms with E-state index < -0.39 is 9.84 Å². The quantitative estimate of drug-likeness (QED) is 0.452. The molecule has 4 rings (SSSR count). The molecule has 1 aromatic heterocycles. The Balaban J connectivity index is 1.85. The van der Waals surface area contributed by atoms with Crippen molar-refractivity contribution in [1.29, 1.82) is 0 Å². The maximum Gasteiger partial charge on any atom is 0.210 e. The van der Waals surface area contributed by atoms with Gasteiger partial charge in [0, 0.05) is 23.2 Å². The second-order valence-electron chi connectivity index (χ2n) is 6.81. The molecule has 4 aromatic rings. The number of nitrogens with zero attached hydrogens (tertiary/aromatic N) is 1. The van der Waals surface area contributed by atoms with Gasteiger partial charge in [-0.25, -0.2) is 8.42 Å². The highest BCUT2D eigenvalue weighted by Crippen LogP contribution is 2.34. The second kappa shape index (κ2) is 7.85. The third-order valence-electron chi connectivity index (χ3n) is 4.73.